The number of hydrogen-bond acceptors (Lipinski definition) is 2. The largest absolute Gasteiger partial charge is 0.154 e. The number of halogens is 1. The predicted octanol–water partition coefficient (Wildman–Crippen LogP) is 4.00. The smallest absolute Gasteiger partial charge is 0.149 e. The lowest BCUT2D eigenvalue weighted by molar-refractivity contribution is 0.644. The van der Waals surface area contributed by atoms with Crippen LogP contribution < -0.4 is 0 Å². The fraction of sp³-hybridized carbons (Fsp3) is 0.286. The Labute approximate surface area is 107 Å². The molecule has 0 saturated heterocycles. The van der Waals surface area contributed by atoms with E-state index in [0.717, 1.165) is 23.2 Å². The second-order valence-electron chi connectivity index (χ2n) is 4.51. The summed E-state index contributed by atoms with van der Waals surface area (Å²) in [5.41, 5.74) is 3.02. The van der Waals surface area contributed by atoms with Crippen LogP contribution in [0.25, 0.3) is 11.3 Å². The Morgan fingerprint density at radius 3 is 2.47 bits per heavy atom. The summed E-state index contributed by atoms with van der Waals surface area (Å²) in [6, 6.07) is 12.1. The van der Waals surface area contributed by atoms with E-state index >= 15 is 0 Å². The summed E-state index contributed by atoms with van der Waals surface area (Å²) in [6.07, 6.45) is 0.925. The van der Waals surface area contributed by atoms with Crippen LogP contribution in [0.5, 0.6) is 0 Å². The van der Waals surface area contributed by atoms with E-state index in [-0.39, 0.29) is 0 Å². The number of nitrogens with zero attached hydrogens (tertiary/aromatic N) is 2. The Morgan fingerprint density at radius 2 is 1.82 bits per heavy atom. The van der Waals surface area contributed by atoms with Gasteiger partial charge < -0.3 is 0 Å². The molecule has 0 N–H and O–H groups in total. The summed E-state index contributed by atoms with van der Waals surface area (Å²) >= 11 is 6.05. The molecule has 0 amide bonds. The lowest BCUT2D eigenvalue weighted by Gasteiger charge is -2.08. The molecule has 0 radical (unpaired) electrons. The van der Waals surface area contributed by atoms with Gasteiger partial charge in [-0.05, 0) is 24.0 Å². The number of benzene rings is 1. The molecule has 1 aromatic carbocycles. The lowest BCUT2D eigenvalue weighted by Crippen LogP contribution is -1.99. The van der Waals surface area contributed by atoms with E-state index in [9.17, 15) is 0 Å². The molecule has 0 aliphatic rings. The maximum atomic E-state index is 6.05. The van der Waals surface area contributed by atoms with Gasteiger partial charge in [0.1, 0.15) is 0 Å². The van der Waals surface area contributed by atoms with Crippen LogP contribution in [0.15, 0.2) is 36.4 Å². The summed E-state index contributed by atoms with van der Waals surface area (Å²) in [7, 11) is 0. The summed E-state index contributed by atoms with van der Waals surface area (Å²) < 4.78 is 0. The summed E-state index contributed by atoms with van der Waals surface area (Å²) in [6.45, 7) is 4.33. The molecule has 88 valence electrons. The van der Waals surface area contributed by atoms with Crippen LogP contribution >= 0.6 is 11.6 Å². The molecule has 0 aliphatic carbocycles. The fourth-order valence-corrected chi connectivity index (χ4v) is 1.92. The van der Waals surface area contributed by atoms with Crippen molar-refractivity contribution in [1.29, 1.82) is 0 Å². The zero-order valence-electron chi connectivity index (χ0n) is 10.0. The third-order valence-corrected chi connectivity index (χ3v) is 2.84. The minimum atomic E-state index is 0.512. The van der Waals surface area contributed by atoms with Crippen LogP contribution in [0.4, 0.5) is 0 Å². The highest BCUT2D eigenvalue weighted by Gasteiger charge is 2.08. The maximum Gasteiger partial charge on any atom is 0.154 e. The highest BCUT2D eigenvalue weighted by Crippen LogP contribution is 2.22. The highest BCUT2D eigenvalue weighted by molar-refractivity contribution is 6.30. The molecule has 17 heavy (non-hydrogen) atoms. The number of hydrogen-bond donors (Lipinski definition) is 0. The molecule has 0 fully saturated rings. The molecular weight excluding hydrogens is 232 g/mol. The normalized spacial score (nSPS) is 10.8. The minimum absolute atomic E-state index is 0.512. The van der Waals surface area contributed by atoms with Crippen molar-refractivity contribution in [2.24, 2.45) is 5.92 Å². The Morgan fingerprint density at radius 1 is 1.12 bits per heavy atom. The van der Waals surface area contributed by atoms with Crippen molar-refractivity contribution in [3.05, 3.63) is 47.1 Å². The third kappa shape index (κ3) is 3.04. The summed E-state index contributed by atoms with van der Waals surface area (Å²) in [4.78, 5) is 0. The summed E-state index contributed by atoms with van der Waals surface area (Å²) in [5.74, 6) is 0.556. The molecule has 3 heteroatoms. The average Bonchev–Trinajstić information content (AvgIpc) is 2.32. The quantitative estimate of drug-likeness (QED) is 0.818. The van der Waals surface area contributed by atoms with Gasteiger partial charge in [-0.25, -0.2) is 0 Å². The van der Waals surface area contributed by atoms with Gasteiger partial charge in [0.15, 0.2) is 5.15 Å². The summed E-state index contributed by atoms with van der Waals surface area (Å²) in [5, 5.41) is 8.67. The SMILES string of the molecule is CC(C)Cc1cc(-c2ccccc2)nnc1Cl. The molecule has 0 unspecified atom stereocenters. The van der Waals surface area contributed by atoms with E-state index < -0.39 is 0 Å². The second-order valence-corrected chi connectivity index (χ2v) is 4.87. The van der Waals surface area contributed by atoms with Crippen molar-refractivity contribution >= 4 is 11.6 Å². The van der Waals surface area contributed by atoms with Crippen LogP contribution in [0, 0.1) is 5.92 Å². The van der Waals surface area contributed by atoms with Crippen molar-refractivity contribution in [3.63, 3.8) is 0 Å². The van der Waals surface area contributed by atoms with Crippen molar-refractivity contribution in [3.8, 4) is 11.3 Å². The molecular formula is C14H15ClN2. The van der Waals surface area contributed by atoms with Gasteiger partial charge in [0.2, 0.25) is 0 Å². The Kier molecular flexibility index (Phi) is 3.75. The first-order chi connectivity index (χ1) is 8.16. The average molecular weight is 247 g/mol. The van der Waals surface area contributed by atoms with Crippen molar-refractivity contribution in [1.82, 2.24) is 10.2 Å². The Bertz CT molecular complexity index is 495. The van der Waals surface area contributed by atoms with Crippen molar-refractivity contribution in [2.45, 2.75) is 20.3 Å². The number of rotatable bonds is 3. The first-order valence-corrected chi connectivity index (χ1v) is 6.12. The Balaban J connectivity index is 2.37. The topological polar surface area (TPSA) is 25.8 Å². The molecule has 1 heterocycles. The highest BCUT2D eigenvalue weighted by atomic mass is 35.5. The predicted molar refractivity (Wildman–Crippen MR) is 71.0 cm³/mol. The van der Waals surface area contributed by atoms with Crippen LogP contribution in [0.1, 0.15) is 19.4 Å². The van der Waals surface area contributed by atoms with Gasteiger partial charge >= 0.3 is 0 Å². The molecule has 2 aromatic rings. The maximum absolute atomic E-state index is 6.05. The van der Waals surface area contributed by atoms with E-state index in [2.05, 4.69) is 24.0 Å². The Hall–Kier alpha value is -1.41. The standard InChI is InChI=1S/C14H15ClN2/c1-10(2)8-12-9-13(16-17-14(12)15)11-6-4-3-5-7-11/h3-7,9-10H,8H2,1-2H3. The molecule has 0 spiro atoms. The molecule has 0 saturated carbocycles. The first kappa shape index (κ1) is 12.1. The third-order valence-electron chi connectivity index (χ3n) is 2.52. The van der Waals surface area contributed by atoms with E-state index in [1.54, 1.807) is 0 Å². The van der Waals surface area contributed by atoms with Gasteiger partial charge in [0.25, 0.3) is 0 Å². The van der Waals surface area contributed by atoms with E-state index in [0.29, 0.717) is 11.1 Å². The van der Waals surface area contributed by atoms with Gasteiger partial charge in [-0.2, -0.15) is 0 Å². The monoisotopic (exact) mass is 246 g/mol. The van der Waals surface area contributed by atoms with E-state index in [1.165, 1.54) is 0 Å². The zero-order chi connectivity index (χ0) is 12.3. The number of aromatic nitrogens is 2. The molecule has 1 aromatic heterocycles. The van der Waals surface area contributed by atoms with E-state index in [4.69, 9.17) is 11.6 Å². The van der Waals surface area contributed by atoms with Crippen molar-refractivity contribution < 1.29 is 0 Å². The second kappa shape index (κ2) is 5.28. The molecule has 2 rings (SSSR count). The fourth-order valence-electron chi connectivity index (χ4n) is 1.75. The van der Waals surface area contributed by atoms with Crippen LogP contribution in [0.2, 0.25) is 5.15 Å². The first-order valence-electron chi connectivity index (χ1n) is 5.74. The van der Waals surface area contributed by atoms with Gasteiger partial charge in [-0.1, -0.05) is 55.8 Å². The van der Waals surface area contributed by atoms with Crippen molar-refractivity contribution in [2.75, 3.05) is 0 Å². The van der Waals surface area contributed by atoms with Gasteiger partial charge in [-0.15, -0.1) is 10.2 Å². The molecule has 0 bridgehead atoms. The lowest BCUT2D eigenvalue weighted by atomic mass is 10.0. The minimum Gasteiger partial charge on any atom is -0.149 e. The van der Waals surface area contributed by atoms with Gasteiger partial charge in [0.05, 0.1) is 5.69 Å². The van der Waals surface area contributed by atoms with Gasteiger partial charge in [0, 0.05) is 5.56 Å². The zero-order valence-corrected chi connectivity index (χ0v) is 10.8. The van der Waals surface area contributed by atoms with Crippen LogP contribution in [-0.4, -0.2) is 10.2 Å². The van der Waals surface area contributed by atoms with Crippen LogP contribution in [0.3, 0.4) is 0 Å². The molecule has 0 atom stereocenters. The molecule has 2 nitrogen and oxygen atoms in total. The van der Waals surface area contributed by atoms with Gasteiger partial charge in [-0.3, -0.25) is 0 Å². The molecule has 0 aliphatic heterocycles. The van der Waals surface area contributed by atoms with E-state index in [1.807, 2.05) is 36.4 Å². The van der Waals surface area contributed by atoms with Crippen LogP contribution in [-0.2, 0) is 6.42 Å².